The molecule has 0 aliphatic heterocycles. The van der Waals surface area contributed by atoms with Crippen LogP contribution in [0, 0.1) is 13.8 Å². The number of carbonyl (C=O) groups excluding carboxylic acids is 3. The van der Waals surface area contributed by atoms with Crippen LogP contribution in [0.15, 0.2) is 54.6 Å². The van der Waals surface area contributed by atoms with Gasteiger partial charge in [0.2, 0.25) is 5.91 Å². The highest BCUT2D eigenvalue weighted by atomic mass is 32.1. The van der Waals surface area contributed by atoms with E-state index < -0.39 is 18.0 Å². The molecule has 0 aliphatic rings. The fourth-order valence-corrected chi connectivity index (χ4v) is 3.96. The summed E-state index contributed by atoms with van der Waals surface area (Å²) in [6.07, 6.45) is -1.03. The zero-order valence-electron chi connectivity index (χ0n) is 18.2. The summed E-state index contributed by atoms with van der Waals surface area (Å²) in [5.41, 5.74) is 1.52. The van der Waals surface area contributed by atoms with Crippen molar-refractivity contribution >= 4 is 39.8 Å². The van der Waals surface area contributed by atoms with Crippen molar-refractivity contribution < 1.29 is 23.9 Å². The van der Waals surface area contributed by atoms with Crippen molar-refractivity contribution in [1.29, 1.82) is 0 Å². The standard InChI is InChI=1S/C24H24N2O5S/c1-14-16(3)32-23(25-17(4)27)21(14)24(29)30-15(2)22(28)26-18-10-12-20(13-11-18)31-19-8-6-5-7-9-19/h5-13,15H,1-4H3,(H,25,27)(H,26,28)/t15-/m1/s1. The molecule has 7 nitrogen and oxygen atoms in total. The summed E-state index contributed by atoms with van der Waals surface area (Å²) in [4.78, 5) is 37.5. The van der Waals surface area contributed by atoms with E-state index in [1.807, 2.05) is 37.3 Å². The number of hydrogen-bond acceptors (Lipinski definition) is 6. The van der Waals surface area contributed by atoms with Crippen LogP contribution in [0.2, 0.25) is 0 Å². The molecule has 2 amide bonds. The molecule has 0 spiro atoms. The Morgan fingerprint density at radius 2 is 1.53 bits per heavy atom. The van der Waals surface area contributed by atoms with E-state index in [1.54, 1.807) is 31.2 Å². The van der Waals surface area contributed by atoms with Crippen molar-refractivity contribution in [1.82, 2.24) is 0 Å². The van der Waals surface area contributed by atoms with Crippen LogP contribution in [0.3, 0.4) is 0 Å². The number of aryl methyl sites for hydroxylation is 1. The number of amides is 2. The minimum Gasteiger partial charge on any atom is -0.457 e. The molecule has 2 aromatic carbocycles. The van der Waals surface area contributed by atoms with Gasteiger partial charge < -0.3 is 20.1 Å². The molecule has 3 aromatic rings. The van der Waals surface area contributed by atoms with Gasteiger partial charge in [-0.2, -0.15) is 0 Å². The maximum absolute atomic E-state index is 12.7. The number of hydrogen-bond donors (Lipinski definition) is 2. The molecule has 32 heavy (non-hydrogen) atoms. The molecule has 1 aromatic heterocycles. The van der Waals surface area contributed by atoms with Gasteiger partial charge >= 0.3 is 5.97 Å². The van der Waals surface area contributed by atoms with Gasteiger partial charge in [-0.25, -0.2) is 4.79 Å². The molecule has 0 aliphatic carbocycles. The molecule has 1 atom stereocenters. The number of para-hydroxylation sites is 1. The summed E-state index contributed by atoms with van der Waals surface area (Å²) < 4.78 is 11.1. The third-order valence-corrected chi connectivity index (χ3v) is 5.76. The average molecular weight is 453 g/mol. The lowest BCUT2D eigenvalue weighted by molar-refractivity contribution is -0.123. The second kappa shape index (κ2) is 10.1. The molecule has 166 valence electrons. The smallest absolute Gasteiger partial charge is 0.342 e. The molecule has 0 fully saturated rings. The minimum atomic E-state index is -1.03. The molecule has 0 bridgehead atoms. The second-order valence-electron chi connectivity index (χ2n) is 7.14. The minimum absolute atomic E-state index is 0.268. The number of carbonyl (C=O) groups is 3. The summed E-state index contributed by atoms with van der Waals surface area (Å²) in [7, 11) is 0. The van der Waals surface area contributed by atoms with Crippen molar-refractivity contribution in [3.63, 3.8) is 0 Å². The van der Waals surface area contributed by atoms with Crippen LogP contribution in [-0.4, -0.2) is 23.9 Å². The fraction of sp³-hybridized carbons (Fsp3) is 0.208. The molecule has 3 rings (SSSR count). The van der Waals surface area contributed by atoms with Gasteiger partial charge in [-0.15, -0.1) is 11.3 Å². The quantitative estimate of drug-likeness (QED) is 0.475. The van der Waals surface area contributed by atoms with Crippen LogP contribution in [0.5, 0.6) is 11.5 Å². The van der Waals surface area contributed by atoms with E-state index in [2.05, 4.69) is 10.6 Å². The Hall–Kier alpha value is -3.65. The Morgan fingerprint density at radius 3 is 2.16 bits per heavy atom. The first kappa shape index (κ1) is 23.0. The third-order valence-electron chi connectivity index (χ3n) is 4.63. The Balaban J connectivity index is 1.61. The van der Waals surface area contributed by atoms with Crippen molar-refractivity contribution in [2.24, 2.45) is 0 Å². The number of rotatable bonds is 7. The molecular formula is C24H24N2O5S. The van der Waals surface area contributed by atoms with Crippen LogP contribution in [-0.2, 0) is 14.3 Å². The molecule has 0 radical (unpaired) electrons. The van der Waals surface area contributed by atoms with Gasteiger partial charge in [0, 0.05) is 17.5 Å². The molecule has 0 saturated carbocycles. The maximum Gasteiger partial charge on any atom is 0.342 e. The van der Waals surface area contributed by atoms with Gasteiger partial charge in [0.05, 0.1) is 5.56 Å². The van der Waals surface area contributed by atoms with Crippen LogP contribution in [0.25, 0.3) is 0 Å². The normalized spacial score (nSPS) is 11.4. The molecule has 2 N–H and O–H groups in total. The van der Waals surface area contributed by atoms with Crippen molar-refractivity contribution in [2.45, 2.75) is 33.8 Å². The Labute approximate surface area is 190 Å². The largest absolute Gasteiger partial charge is 0.457 e. The monoisotopic (exact) mass is 452 g/mol. The lowest BCUT2D eigenvalue weighted by Crippen LogP contribution is -2.30. The number of nitrogens with one attached hydrogen (secondary N) is 2. The van der Waals surface area contributed by atoms with E-state index in [4.69, 9.17) is 9.47 Å². The number of ether oxygens (including phenoxy) is 2. The summed E-state index contributed by atoms with van der Waals surface area (Å²) in [5, 5.41) is 5.78. The predicted octanol–water partition coefficient (Wildman–Crippen LogP) is 5.30. The average Bonchev–Trinajstić information content (AvgIpc) is 3.02. The molecular weight excluding hydrogens is 428 g/mol. The van der Waals surface area contributed by atoms with Gasteiger partial charge in [0.1, 0.15) is 16.5 Å². The predicted molar refractivity (Wildman–Crippen MR) is 125 cm³/mol. The third kappa shape index (κ3) is 5.73. The first-order valence-electron chi connectivity index (χ1n) is 9.97. The van der Waals surface area contributed by atoms with E-state index in [0.717, 1.165) is 4.88 Å². The van der Waals surface area contributed by atoms with Crippen LogP contribution >= 0.6 is 11.3 Å². The summed E-state index contributed by atoms with van der Waals surface area (Å²) >= 11 is 1.29. The fourth-order valence-electron chi connectivity index (χ4n) is 2.87. The topological polar surface area (TPSA) is 93.7 Å². The highest BCUT2D eigenvalue weighted by Gasteiger charge is 2.25. The summed E-state index contributed by atoms with van der Waals surface area (Å²) in [5.74, 6) is -0.0821. The van der Waals surface area contributed by atoms with Crippen LogP contribution in [0.4, 0.5) is 10.7 Å². The van der Waals surface area contributed by atoms with Crippen molar-refractivity contribution in [2.75, 3.05) is 10.6 Å². The Kier molecular flexibility index (Phi) is 7.27. The molecule has 0 saturated heterocycles. The number of esters is 1. The number of thiophene rings is 1. The van der Waals surface area contributed by atoms with Gasteiger partial charge in [0.25, 0.3) is 5.91 Å². The van der Waals surface area contributed by atoms with Gasteiger partial charge in [-0.3, -0.25) is 9.59 Å². The Bertz CT molecular complexity index is 1120. The second-order valence-corrected chi connectivity index (χ2v) is 8.37. The van der Waals surface area contributed by atoms with E-state index >= 15 is 0 Å². The summed E-state index contributed by atoms with van der Waals surface area (Å²) in [6.45, 7) is 6.49. The first-order chi connectivity index (χ1) is 15.2. The zero-order chi connectivity index (χ0) is 23.3. The lowest BCUT2D eigenvalue weighted by Gasteiger charge is -2.15. The first-order valence-corrected chi connectivity index (χ1v) is 10.8. The number of anilines is 2. The SMILES string of the molecule is CC(=O)Nc1sc(C)c(C)c1C(=O)O[C@H](C)C(=O)Nc1ccc(Oc2ccccc2)cc1. The van der Waals surface area contributed by atoms with Crippen molar-refractivity contribution in [3.05, 3.63) is 70.6 Å². The van der Waals surface area contributed by atoms with Crippen LogP contribution in [0.1, 0.15) is 34.6 Å². The van der Waals surface area contributed by atoms with Crippen LogP contribution < -0.4 is 15.4 Å². The van der Waals surface area contributed by atoms with Gasteiger partial charge in [-0.05, 0) is 62.7 Å². The zero-order valence-corrected chi connectivity index (χ0v) is 19.0. The van der Waals surface area contributed by atoms with Gasteiger partial charge in [0.15, 0.2) is 6.10 Å². The highest BCUT2D eigenvalue weighted by Crippen LogP contribution is 2.33. The van der Waals surface area contributed by atoms with E-state index in [9.17, 15) is 14.4 Å². The highest BCUT2D eigenvalue weighted by molar-refractivity contribution is 7.16. The maximum atomic E-state index is 12.7. The summed E-state index contributed by atoms with van der Waals surface area (Å²) in [6, 6.07) is 16.2. The Morgan fingerprint density at radius 1 is 0.906 bits per heavy atom. The van der Waals surface area contributed by atoms with E-state index in [1.165, 1.54) is 25.2 Å². The number of benzene rings is 2. The van der Waals surface area contributed by atoms with E-state index in [-0.39, 0.29) is 11.5 Å². The lowest BCUT2D eigenvalue weighted by atomic mass is 10.1. The van der Waals surface area contributed by atoms with Gasteiger partial charge in [-0.1, -0.05) is 18.2 Å². The van der Waals surface area contributed by atoms with E-state index in [0.29, 0.717) is 27.8 Å². The molecule has 0 unspecified atom stereocenters. The molecule has 1 heterocycles. The van der Waals surface area contributed by atoms with Crippen molar-refractivity contribution in [3.8, 4) is 11.5 Å². The molecule has 8 heteroatoms.